The molecule has 1 aromatic carbocycles. The Morgan fingerprint density at radius 1 is 1.20 bits per heavy atom. The smallest absolute Gasteiger partial charge is 0.304 e. The van der Waals surface area contributed by atoms with Crippen molar-refractivity contribution in [3.63, 3.8) is 0 Å². The van der Waals surface area contributed by atoms with Crippen molar-refractivity contribution in [1.29, 1.82) is 0 Å². The molecule has 1 aromatic rings. The van der Waals surface area contributed by atoms with E-state index >= 15 is 0 Å². The largest absolute Gasteiger partial charge is 0.370 e. The Kier molecular flexibility index (Phi) is 6.80. The van der Waals surface area contributed by atoms with E-state index in [1.54, 1.807) is 18.2 Å². The summed E-state index contributed by atoms with van der Waals surface area (Å²) in [5, 5.41) is 3.75. The van der Waals surface area contributed by atoms with Gasteiger partial charge in [0.15, 0.2) is 0 Å². The fraction of sp³-hybridized carbons (Fsp3) is 0.667. The Balaban J connectivity index is 1.29. The van der Waals surface area contributed by atoms with Crippen LogP contribution in [0.1, 0.15) is 45.4 Å². The highest BCUT2D eigenvalue weighted by molar-refractivity contribution is 14.1. The highest BCUT2D eigenvalue weighted by atomic mass is 127. The molecule has 3 unspecified atom stereocenters. The topological polar surface area (TPSA) is 113 Å². The minimum Gasteiger partial charge on any atom is -0.370 e. The number of hydrogen-bond donors (Lipinski definition) is 2. The third kappa shape index (κ3) is 4.92. The third-order valence-electron chi connectivity index (χ3n) is 8.37. The van der Waals surface area contributed by atoms with Gasteiger partial charge >= 0.3 is 10.2 Å². The molecule has 1 saturated heterocycles. The number of nitrogens with one attached hydrogen (secondary N) is 1. The minimum atomic E-state index is -3.86. The summed E-state index contributed by atoms with van der Waals surface area (Å²) in [5.41, 5.74) is 6.13. The van der Waals surface area contributed by atoms with Gasteiger partial charge in [-0.3, -0.25) is 13.9 Å². The molecule has 2 amide bonds. The summed E-state index contributed by atoms with van der Waals surface area (Å²) < 4.78 is 30.4. The van der Waals surface area contributed by atoms with Crippen molar-refractivity contribution < 1.29 is 18.0 Å². The average Bonchev–Trinajstić information content (AvgIpc) is 2.72. The second-order valence-electron chi connectivity index (χ2n) is 11.2. The Labute approximate surface area is 225 Å². The number of benzene rings is 1. The zero-order valence-corrected chi connectivity index (χ0v) is 23.5. The van der Waals surface area contributed by atoms with E-state index in [1.807, 2.05) is 6.92 Å². The minimum absolute atomic E-state index is 0.00850. The van der Waals surface area contributed by atoms with E-state index in [-0.39, 0.29) is 35.7 Å². The molecule has 4 saturated carbocycles. The number of amides is 2. The molecule has 1 heterocycles. The molecule has 8 nitrogen and oxygen atoms in total. The number of carbonyl (C=O) groups is 2. The van der Waals surface area contributed by atoms with Crippen LogP contribution in [0.5, 0.6) is 0 Å². The highest BCUT2D eigenvalue weighted by Gasteiger charge is 2.56. The number of hydrogen-bond acceptors (Lipinski definition) is 4. The van der Waals surface area contributed by atoms with Crippen LogP contribution in [0.2, 0.25) is 5.02 Å². The first-order chi connectivity index (χ1) is 16.5. The van der Waals surface area contributed by atoms with Crippen LogP contribution in [0, 0.1) is 32.7 Å². The second-order valence-corrected chi connectivity index (χ2v) is 14.7. The van der Waals surface area contributed by atoms with E-state index in [0.29, 0.717) is 48.0 Å². The number of anilines is 1. The fourth-order valence-corrected chi connectivity index (χ4v) is 10.7. The molecule has 5 aliphatic rings. The van der Waals surface area contributed by atoms with E-state index in [9.17, 15) is 18.0 Å². The molecular weight excluding hydrogens is 603 g/mol. The van der Waals surface area contributed by atoms with E-state index in [2.05, 4.69) is 27.9 Å². The summed E-state index contributed by atoms with van der Waals surface area (Å²) in [5.74, 6) is 0.820. The molecule has 5 fully saturated rings. The first-order valence-electron chi connectivity index (χ1n) is 12.3. The van der Waals surface area contributed by atoms with Crippen LogP contribution in [-0.2, 0) is 19.8 Å². The fourth-order valence-electron chi connectivity index (χ4n) is 7.47. The van der Waals surface area contributed by atoms with Gasteiger partial charge in [0, 0.05) is 34.1 Å². The number of rotatable bonds is 6. The molecule has 3 N–H and O–H groups in total. The van der Waals surface area contributed by atoms with Crippen LogP contribution in [0.4, 0.5) is 5.69 Å². The van der Waals surface area contributed by atoms with Crippen molar-refractivity contribution in [3.8, 4) is 0 Å². The predicted octanol–water partition coefficient (Wildman–Crippen LogP) is 3.13. The van der Waals surface area contributed by atoms with E-state index in [0.717, 1.165) is 35.7 Å². The van der Waals surface area contributed by atoms with Crippen LogP contribution in [0.25, 0.3) is 0 Å². The van der Waals surface area contributed by atoms with Gasteiger partial charge in [0.25, 0.3) is 0 Å². The third-order valence-corrected chi connectivity index (χ3v) is 11.3. The zero-order valence-electron chi connectivity index (χ0n) is 19.8. The Bertz CT molecular complexity index is 1130. The van der Waals surface area contributed by atoms with Gasteiger partial charge in [-0.05, 0) is 102 Å². The van der Waals surface area contributed by atoms with E-state index in [4.69, 9.17) is 17.3 Å². The maximum Gasteiger partial charge on any atom is 0.304 e. The summed E-state index contributed by atoms with van der Waals surface area (Å²) in [6.07, 6.45) is 5.44. The van der Waals surface area contributed by atoms with Crippen molar-refractivity contribution in [1.82, 2.24) is 9.62 Å². The molecule has 0 aromatic heterocycles. The summed E-state index contributed by atoms with van der Waals surface area (Å²) in [7, 11) is -3.86. The van der Waals surface area contributed by atoms with Crippen LogP contribution >= 0.6 is 34.2 Å². The molecule has 4 bridgehead atoms. The molecule has 0 radical (unpaired) electrons. The predicted molar refractivity (Wildman–Crippen MR) is 143 cm³/mol. The van der Waals surface area contributed by atoms with Crippen molar-refractivity contribution >= 4 is 61.9 Å². The standard InChI is InChI=1S/C24H32ClIN4O4S/c1-14-11-29(35(33,34)30(12-14)20-3-2-18(25)6-19(20)26)13-22(32)28-23-16-4-15-5-17(23)9-24(7-15,8-16)10-21(27)31/h2-3,6,14-17,23H,4-5,7-13H2,1H3,(H2,27,31)(H,28,32). The highest BCUT2D eigenvalue weighted by Crippen LogP contribution is 2.61. The van der Waals surface area contributed by atoms with Gasteiger partial charge in [-0.2, -0.15) is 12.7 Å². The molecule has 1 aliphatic heterocycles. The van der Waals surface area contributed by atoms with Crippen molar-refractivity contribution in [2.75, 3.05) is 23.9 Å². The van der Waals surface area contributed by atoms with E-state index < -0.39 is 10.2 Å². The lowest BCUT2D eigenvalue weighted by molar-refractivity contribution is -0.134. The maximum atomic E-state index is 13.5. The van der Waals surface area contributed by atoms with Crippen LogP contribution < -0.4 is 15.4 Å². The van der Waals surface area contributed by atoms with Gasteiger partial charge in [0.05, 0.1) is 12.2 Å². The Hall–Kier alpha value is -1.11. The van der Waals surface area contributed by atoms with Crippen LogP contribution in [0.3, 0.4) is 0 Å². The molecule has 35 heavy (non-hydrogen) atoms. The molecular formula is C24H32ClIN4O4S. The Morgan fingerprint density at radius 3 is 2.51 bits per heavy atom. The molecule has 4 aliphatic carbocycles. The van der Waals surface area contributed by atoms with Gasteiger partial charge in [0.2, 0.25) is 11.8 Å². The lowest BCUT2D eigenvalue weighted by Crippen LogP contribution is -2.61. The molecule has 11 heteroatoms. The number of nitrogens with zero attached hydrogens (tertiary/aromatic N) is 2. The van der Waals surface area contributed by atoms with Gasteiger partial charge in [0.1, 0.15) is 0 Å². The quantitative estimate of drug-likeness (QED) is 0.469. The monoisotopic (exact) mass is 634 g/mol. The first kappa shape index (κ1) is 25.5. The van der Waals surface area contributed by atoms with Gasteiger partial charge in [-0.25, -0.2) is 0 Å². The molecule has 0 spiro atoms. The van der Waals surface area contributed by atoms with Crippen LogP contribution in [0.15, 0.2) is 18.2 Å². The normalized spacial score (nSPS) is 35.7. The van der Waals surface area contributed by atoms with Crippen molar-refractivity contribution in [2.45, 2.75) is 51.5 Å². The van der Waals surface area contributed by atoms with Crippen LogP contribution in [-0.4, -0.2) is 50.2 Å². The summed E-state index contributed by atoms with van der Waals surface area (Å²) in [6, 6.07) is 5.18. The van der Waals surface area contributed by atoms with Crippen molar-refractivity contribution in [3.05, 3.63) is 26.8 Å². The maximum absolute atomic E-state index is 13.5. The van der Waals surface area contributed by atoms with Gasteiger partial charge in [-0.1, -0.05) is 18.5 Å². The van der Waals surface area contributed by atoms with Crippen molar-refractivity contribution in [2.24, 2.45) is 34.8 Å². The van der Waals surface area contributed by atoms with Gasteiger partial charge in [-0.15, -0.1) is 0 Å². The SMILES string of the molecule is CC1CN(CC(=O)NC2C3CC4CC2CC(CC(N)=O)(C4)C3)S(=O)(=O)N(c2ccc(Cl)cc2I)C1. The van der Waals surface area contributed by atoms with E-state index in [1.165, 1.54) is 8.61 Å². The first-order valence-corrected chi connectivity index (χ1v) is 15.1. The summed E-state index contributed by atoms with van der Waals surface area (Å²) >= 11 is 8.16. The average molecular weight is 635 g/mol. The number of primary amides is 1. The number of carbonyl (C=O) groups excluding carboxylic acids is 2. The van der Waals surface area contributed by atoms with Gasteiger partial charge < -0.3 is 11.1 Å². The lowest BCUT2D eigenvalue weighted by atomic mass is 9.47. The Morgan fingerprint density at radius 2 is 1.89 bits per heavy atom. The number of halogens is 2. The molecule has 3 atom stereocenters. The number of nitrogens with two attached hydrogens (primary N) is 1. The molecule has 6 rings (SSSR count). The zero-order chi connectivity index (χ0) is 25.1. The summed E-state index contributed by atoms with van der Waals surface area (Å²) in [6.45, 7) is 2.45. The lowest BCUT2D eigenvalue weighted by Gasteiger charge is -2.60. The molecule has 192 valence electrons. The second kappa shape index (κ2) is 9.33. The summed E-state index contributed by atoms with van der Waals surface area (Å²) in [4.78, 5) is 24.9.